The Labute approximate surface area is 128 Å². The highest BCUT2D eigenvalue weighted by Gasteiger charge is 2.10. The first kappa shape index (κ1) is 14.1. The van der Waals surface area contributed by atoms with Crippen molar-refractivity contribution in [1.29, 1.82) is 0 Å². The van der Waals surface area contributed by atoms with Crippen LogP contribution in [0.4, 0.5) is 4.39 Å². The van der Waals surface area contributed by atoms with Crippen LogP contribution in [0.1, 0.15) is 11.1 Å². The maximum Gasteiger partial charge on any atom is 0.128 e. The van der Waals surface area contributed by atoms with Crippen LogP contribution in [0.25, 0.3) is 10.9 Å². The van der Waals surface area contributed by atoms with E-state index < -0.39 is 0 Å². The van der Waals surface area contributed by atoms with E-state index in [1.807, 2.05) is 19.2 Å². The van der Waals surface area contributed by atoms with Crippen LogP contribution in [0.3, 0.4) is 0 Å². The molecule has 3 aromatic rings. The Morgan fingerprint density at radius 3 is 2.76 bits per heavy atom. The molecule has 4 heteroatoms. The molecule has 1 aromatic heterocycles. The minimum atomic E-state index is -0.229. The van der Waals surface area contributed by atoms with Gasteiger partial charge in [0.1, 0.15) is 5.82 Å². The number of para-hydroxylation sites is 1. The van der Waals surface area contributed by atoms with Crippen molar-refractivity contribution in [2.45, 2.75) is 13.1 Å². The molecule has 0 amide bonds. The summed E-state index contributed by atoms with van der Waals surface area (Å²) in [7, 11) is 1.92. The summed E-state index contributed by atoms with van der Waals surface area (Å²) in [6.45, 7) is 1.25. The molecule has 0 saturated heterocycles. The predicted octanol–water partition coefficient (Wildman–Crippen LogP) is 4.20. The Kier molecular flexibility index (Phi) is 3.95. The number of benzene rings is 2. The minimum absolute atomic E-state index is 0.229. The van der Waals surface area contributed by atoms with Gasteiger partial charge in [0, 0.05) is 34.2 Å². The van der Waals surface area contributed by atoms with Crippen LogP contribution in [-0.2, 0) is 13.1 Å². The Morgan fingerprint density at radius 2 is 1.95 bits per heavy atom. The number of fused-ring (bicyclic) bond motifs is 1. The van der Waals surface area contributed by atoms with E-state index in [2.05, 4.69) is 28.2 Å². The van der Waals surface area contributed by atoms with Gasteiger partial charge < -0.3 is 9.88 Å². The van der Waals surface area contributed by atoms with Gasteiger partial charge in [-0.3, -0.25) is 0 Å². The first-order valence-electron chi connectivity index (χ1n) is 6.84. The lowest BCUT2D eigenvalue weighted by Gasteiger charge is -2.07. The summed E-state index contributed by atoms with van der Waals surface area (Å²) in [5.41, 5.74) is 2.90. The predicted molar refractivity (Wildman–Crippen MR) is 85.2 cm³/mol. The van der Waals surface area contributed by atoms with Crippen molar-refractivity contribution in [2.75, 3.05) is 7.05 Å². The first-order chi connectivity index (χ1) is 10.2. The summed E-state index contributed by atoms with van der Waals surface area (Å²) in [5.74, 6) is -0.229. The lowest BCUT2D eigenvalue weighted by atomic mass is 10.2. The molecule has 2 nitrogen and oxygen atoms in total. The summed E-state index contributed by atoms with van der Waals surface area (Å²) < 4.78 is 16.0. The summed E-state index contributed by atoms with van der Waals surface area (Å²) in [6, 6.07) is 12.8. The zero-order valence-electron chi connectivity index (χ0n) is 11.7. The quantitative estimate of drug-likeness (QED) is 0.764. The molecule has 1 N–H and O–H groups in total. The van der Waals surface area contributed by atoms with Crippen molar-refractivity contribution in [2.24, 2.45) is 0 Å². The maximum absolute atomic E-state index is 13.9. The SMILES string of the molecule is CNCc1cn(Cc2cc(Cl)ccc2F)c2ccccc12. The molecule has 0 atom stereocenters. The fraction of sp³-hybridized carbons (Fsp3) is 0.176. The zero-order chi connectivity index (χ0) is 14.8. The second-order valence-electron chi connectivity index (χ2n) is 5.07. The van der Waals surface area contributed by atoms with Crippen molar-refractivity contribution >= 4 is 22.5 Å². The smallest absolute Gasteiger partial charge is 0.128 e. The third-order valence-electron chi connectivity index (χ3n) is 3.59. The number of hydrogen-bond donors (Lipinski definition) is 1. The number of nitrogens with one attached hydrogen (secondary N) is 1. The molecule has 0 aliphatic heterocycles. The Balaban J connectivity index is 2.06. The highest BCUT2D eigenvalue weighted by molar-refractivity contribution is 6.30. The number of nitrogens with zero attached hydrogens (tertiary/aromatic N) is 1. The Morgan fingerprint density at radius 1 is 1.14 bits per heavy atom. The lowest BCUT2D eigenvalue weighted by Crippen LogP contribution is -2.04. The number of rotatable bonds is 4. The van der Waals surface area contributed by atoms with Crippen LogP contribution in [0.2, 0.25) is 5.02 Å². The topological polar surface area (TPSA) is 17.0 Å². The molecule has 0 spiro atoms. The number of aromatic nitrogens is 1. The van der Waals surface area contributed by atoms with Gasteiger partial charge >= 0.3 is 0 Å². The molecular formula is C17H16ClFN2. The van der Waals surface area contributed by atoms with Crippen LogP contribution in [0.15, 0.2) is 48.7 Å². The van der Waals surface area contributed by atoms with E-state index in [-0.39, 0.29) is 5.82 Å². The zero-order valence-corrected chi connectivity index (χ0v) is 12.5. The van der Waals surface area contributed by atoms with Crippen LogP contribution in [0, 0.1) is 5.82 Å². The molecule has 0 saturated carbocycles. The van der Waals surface area contributed by atoms with E-state index in [1.165, 1.54) is 17.0 Å². The van der Waals surface area contributed by atoms with E-state index in [0.717, 1.165) is 12.1 Å². The van der Waals surface area contributed by atoms with Crippen molar-refractivity contribution < 1.29 is 4.39 Å². The third kappa shape index (κ3) is 2.80. The van der Waals surface area contributed by atoms with Crippen molar-refractivity contribution in [3.05, 3.63) is 70.6 Å². The molecule has 3 rings (SSSR count). The Bertz CT molecular complexity index is 780. The minimum Gasteiger partial charge on any atom is -0.343 e. The van der Waals surface area contributed by atoms with Gasteiger partial charge in [0.05, 0.1) is 6.54 Å². The van der Waals surface area contributed by atoms with Gasteiger partial charge in [-0.25, -0.2) is 4.39 Å². The monoisotopic (exact) mass is 302 g/mol. The molecular weight excluding hydrogens is 287 g/mol. The fourth-order valence-electron chi connectivity index (χ4n) is 2.63. The summed E-state index contributed by atoms with van der Waals surface area (Å²) >= 11 is 5.97. The molecule has 0 aliphatic rings. The Hall–Kier alpha value is -1.84. The van der Waals surface area contributed by atoms with E-state index in [1.54, 1.807) is 12.1 Å². The molecule has 0 fully saturated rings. The molecule has 2 aromatic carbocycles. The average molecular weight is 303 g/mol. The summed E-state index contributed by atoms with van der Waals surface area (Å²) in [4.78, 5) is 0. The van der Waals surface area contributed by atoms with Gasteiger partial charge in [-0.2, -0.15) is 0 Å². The lowest BCUT2D eigenvalue weighted by molar-refractivity contribution is 0.602. The average Bonchev–Trinajstić information content (AvgIpc) is 2.82. The first-order valence-corrected chi connectivity index (χ1v) is 7.22. The highest BCUT2D eigenvalue weighted by Crippen LogP contribution is 2.24. The van der Waals surface area contributed by atoms with Gasteiger partial charge in [0.15, 0.2) is 0 Å². The third-order valence-corrected chi connectivity index (χ3v) is 3.82. The van der Waals surface area contributed by atoms with Gasteiger partial charge in [0.2, 0.25) is 0 Å². The van der Waals surface area contributed by atoms with Crippen LogP contribution in [-0.4, -0.2) is 11.6 Å². The second-order valence-corrected chi connectivity index (χ2v) is 5.50. The highest BCUT2D eigenvalue weighted by atomic mass is 35.5. The van der Waals surface area contributed by atoms with Crippen LogP contribution < -0.4 is 5.32 Å². The maximum atomic E-state index is 13.9. The molecule has 21 heavy (non-hydrogen) atoms. The van der Waals surface area contributed by atoms with Gasteiger partial charge in [-0.1, -0.05) is 29.8 Å². The summed E-state index contributed by atoms with van der Waals surface area (Å²) in [5, 5.41) is 4.91. The van der Waals surface area contributed by atoms with E-state index >= 15 is 0 Å². The summed E-state index contributed by atoms with van der Waals surface area (Å²) in [6.07, 6.45) is 2.07. The van der Waals surface area contributed by atoms with Crippen molar-refractivity contribution in [3.8, 4) is 0 Å². The normalized spacial score (nSPS) is 11.2. The second kappa shape index (κ2) is 5.88. The number of halogens is 2. The van der Waals surface area contributed by atoms with E-state index in [9.17, 15) is 4.39 Å². The largest absolute Gasteiger partial charge is 0.343 e. The molecule has 0 bridgehead atoms. The van der Waals surface area contributed by atoms with Gasteiger partial charge in [0.25, 0.3) is 0 Å². The van der Waals surface area contributed by atoms with Gasteiger partial charge in [-0.05, 0) is 36.9 Å². The van der Waals surface area contributed by atoms with Crippen molar-refractivity contribution in [1.82, 2.24) is 9.88 Å². The molecule has 0 unspecified atom stereocenters. The molecule has 0 aliphatic carbocycles. The molecule has 1 heterocycles. The van der Waals surface area contributed by atoms with Gasteiger partial charge in [-0.15, -0.1) is 0 Å². The molecule has 108 valence electrons. The fourth-order valence-corrected chi connectivity index (χ4v) is 2.83. The number of hydrogen-bond acceptors (Lipinski definition) is 1. The van der Waals surface area contributed by atoms with Crippen LogP contribution >= 0.6 is 11.6 Å². The van der Waals surface area contributed by atoms with E-state index in [4.69, 9.17) is 11.6 Å². The van der Waals surface area contributed by atoms with E-state index in [0.29, 0.717) is 17.1 Å². The van der Waals surface area contributed by atoms with Crippen LogP contribution in [0.5, 0.6) is 0 Å². The standard InChI is InChI=1S/C17H16ClFN2/c1-20-9-13-11-21(17-5-3-2-4-15(13)17)10-12-8-14(18)6-7-16(12)19/h2-8,11,20H,9-10H2,1H3. The molecule has 0 radical (unpaired) electrons. The van der Waals surface area contributed by atoms with Crippen molar-refractivity contribution in [3.63, 3.8) is 0 Å².